The summed E-state index contributed by atoms with van der Waals surface area (Å²) in [6.07, 6.45) is 0.744. The molecule has 0 aliphatic rings. The molecule has 1 N–H and O–H groups in total. The number of ether oxygens (including phenoxy) is 3. The van der Waals surface area contributed by atoms with E-state index in [1.807, 2.05) is 30.3 Å². The van der Waals surface area contributed by atoms with Crippen LogP contribution in [0.3, 0.4) is 0 Å². The summed E-state index contributed by atoms with van der Waals surface area (Å²) in [5, 5.41) is 2.94. The molecule has 0 aliphatic heterocycles. The second kappa shape index (κ2) is 10.4. The lowest BCUT2D eigenvalue weighted by molar-refractivity contribution is -0.128. The van der Waals surface area contributed by atoms with E-state index in [4.69, 9.17) is 14.2 Å². The SMILES string of the molecule is COc1ccc(CCC(=O)Nc2ccccc2CN(C)C(C)=O)c(OC)c1OC. The van der Waals surface area contributed by atoms with Gasteiger partial charge in [0.2, 0.25) is 17.6 Å². The van der Waals surface area contributed by atoms with Crippen LogP contribution in [0.4, 0.5) is 5.69 Å². The zero-order valence-corrected chi connectivity index (χ0v) is 17.6. The standard InChI is InChI=1S/C22H28N2O5/c1-15(25)24(2)14-17-8-6-7-9-18(17)23-20(26)13-11-16-10-12-19(27-3)22(29-5)21(16)28-4/h6-10,12H,11,13-14H2,1-5H3,(H,23,26). The number of carbonyl (C=O) groups is 2. The summed E-state index contributed by atoms with van der Waals surface area (Å²) < 4.78 is 16.1. The van der Waals surface area contributed by atoms with E-state index in [-0.39, 0.29) is 18.2 Å². The Morgan fingerprint density at radius 2 is 1.62 bits per heavy atom. The number of amides is 2. The van der Waals surface area contributed by atoms with E-state index in [9.17, 15) is 9.59 Å². The monoisotopic (exact) mass is 400 g/mol. The van der Waals surface area contributed by atoms with Gasteiger partial charge in [-0.3, -0.25) is 9.59 Å². The number of nitrogens with one attached hydrogen (secondary N) is 1. The molecule has 2 aromatic rings. The Bertz CT molecular complexity index is 866. The van der Waals surface area contributed by atoms with Crippen LogP contribution >= 0.6 is 0 Å². The summed E-state index contributed by atoms with van der Waals surface area (Å²) in [7, 11) is 6.39. The fourth-order valence-electron chi connectivity index (χ4n) is 2.97. The van der Waals surface area contributed by atoms with Gasteiger partial charge in [-0.05, 0) is 29.7 Å². The van der Waals surface area contributed by atoms with Crippen LogP contribution in [0, 0.1) is 0 Å². The van der Waals surface area contributed by atoms with E-state index in [2.05, 4.69) is 5.32 Å². The van der Waals surface area contributed by atoms with E-state index in [1.54, 1.807) is 39.3 Å². The number of aryl methyl sites for hydroxylation is 1. The number of rotatable bonds is 9. The average Bonchev–Trinajstić information content (AvgIpc) is 2.72. The van der Waals surface area contributed by atoms with Gasteiger partial charge in [-0.1, -0.05) is 24.3 Å². The van der Waals surface area contributed by atoms with Gasteiger partial charge in [0.15, 0.2) is 11.5 Å². The third kappa shape index (κ3) is 5.63. The van der Waals surface area contributed by atoms with Gasteiger partial charge in [0.25, 0.3) is 0 Å². The van der Waals surface area contributed by atoms with Crippen molar-refractivity contribution in [3.63, 3.8) is 0 Å². The van der Waals surface area contributed by atoms with E-state index in [0.29, 0.717) is 35.9 Å². The van der Waals surface area contributed by atoms with E-state index < -0.39 is 0 Å². The van der Waals surface area contributed by atoms with Crippen molar-refractivity contribution >= 4 is 17.5 Å². The normalized spacial score (nSPS) is 10.2. The van der Waals surface area contributed by atoms with Crippen molar-refractivity contribution in [3.05, 3.63) is 47.5 Å². The van der Waals surface area contributed by atoms with Crippen LogP contribution < -0.4 is 19.5 Å². The van der Waals surface area contributed by atoms with Crippen LogP contribution in [0.25, 0.3) is 0 Å². The lowest BCUT2D eigenvalue weighted by atomic mass is 10.1. The number of methoxy groups -OCH3 is 3. The molecule has 0 saturated carbocycles. The number of nitrogens with zero attached hydrogens (tertiary/aromatic N) is 1. The number of para-hydroxylation sites is 1. The highest BCUT2D eigenvalue weighted by Gasteiger charge is 2.17. The van der Waals surface area contributed by atoms with E-state index in [1.165, 1.54) is 6.92 Å². The van der Waals surface area contributed by atoms with E-state index >= 15 is 0 Å². The highest BCUT2D eigenvalue weighted by molar-refractivity contribution is 5.91. The summed E-state index contributed by atoms with van der Waals surface area (Å²) >= 11 is 0. The molecule has 0 saturated heterocycles. The van der Waals surface area contributed by atoms with Gasteiger partial charge in [-0.25, -0.2) is 0 Å². The molecule has 7 nitrogen and oxygen atoms in total. The van der Waals surface area contributed by atoms with Gasteiger partial charge >= 0.3 is 0 Å². The molecule has 0 fully saturated rings. The molecule has 29 heavy (non-hydrogen) atoms. The molecule has 0 spiro atoms. The smallest absolute Gasteiger partial charge is 0.224 e. The minimum atomic E-state index is -0.125. The number of hydrogen-bond donors (Lipinski definition) is 1. The first-order valence-corrected chi connectivity index (χ1v) is 9.28. The van der Waals surface area contributed by atoms with Gasteiger partial charge in [-0.2, -0.15) is 0 Å². The van der Waals surface area contributed by atoms with Crippen LogP contribution in [0.15, 0.2) is 36.4 Å². The zero-order chi connectivity index (χ0) is 21.4. The Morgan fingerprint density at radius 1 is 0.931 bits per heavy atom. The molecule has 7 heteroatoms. The fourth-order valence-corrected chi connectivity index (χ4v) is 2.97. The number of anilines is 1. The lowest BCUT2D eigenvalue weighted by Crippen LogP contribution is -2.24. The van der Waals surface area contributed by atoms with Crippen molar-refractivity contribution in [2.75, 3.05) is 33.7 Å². The molecule has 0 aromatic heterocycles. The van der Waals surface area contributed by atoms with Gasteiger partial charge in [0, 0.05) is 32.6 Å². The molecule has 0 radical (unpaired) electrons. The first-order chi connectivity index (χ1) is 13.9. The largest absolute Gasteiger partial charge is 0.493 e. The van der Waals surface area contributed by atoms with Crippen LogP contribution in [0.5, 0.6) is 17.2 Å². The minimum absolute atomic E-state index is 0.0355. The molecule has 0 unspecified atom stereocenters. The summed E-state index contributed by atoms with van der Waals surface area (Å²) in [6, 6.07) is 11.1. The van der Waals surface area contributed by atoms with Crippen LogP contribution in [-0.4, -0.2) is 45.1 Å². The topological polar surface area (TPSA) is 77.1 Å². The molecule has 0 heterocycles. The number of carbonyl (C=O) groups excluding carboxylic acids is 2. The Kier molecular flexibility index (Phi) is 7.88. The highest BCUT2D eigenvalue weighted by atomic mass is 16.5. The first-order valence-electron chi connectivity index (χ1n) is 9.28. The second-order valence-electron chi connectivity index (χ2n) is 6.57. The van der Waals surface area contributed by atoms with Crippen molar-refractivity contribution in [1.29, 1.82) is 0 Å². The summed E-state index contributed by atoms with van der Waals surface area (Å²) in [6.45, 7) is 1.94. The quantitative estimate of drug-likeness (QED) is 0.699. The first kappa shape index (κ1) is 22.1. The third-order valence-electron chi connectivity index (χ3n) is 4.64. The molecular formula is C22H28N2O5. The maximum absolute atomic E-state index is 12.5. The highest BCUT2D eigenvalue weighted by Crippen LogP contribution is 2.40. The minimum Gasteiger partial charge on any atom is -0.493 e. The Hall–Kier alpha value is -3.22. The Labute approximate surface area is 171 Å². The third-order valence-corrected chi connectivity index (χ3v) is 4.64. The molecule has 2 aromatic carbocycles. The van der Waals surface area contributed by atoms with Crippen molar-refractivity contribution in [2.45, 2.75) is 26.3 Å². The fraction of sp³-hybridized carbons (Fsp3) is 0.364. The molecule has 2 rings (SSSR count). The summed E-state index contributed by atoms with van der Waals surface area (Å²) in [5.41, 5.74) is 2.43. The number of benzene rings is 2. The van der Waals surface area contributed by atoms with Gasteiger partial charge < -0.3 is 24.4 Å². The second-order valence-corrected chi connectivity index (χ2v) is 6.57. The van der Waals surface area contributed by atoms with Gasteiger partial charge in [-0.15, -0.1) is 0 Å². The van der Waals surface area contributed by atoms with Crippen LogP contribution in [-0.2, 0) is 22.6 Å². The zero-order valence-electron chi connectivity index (χ0n) is 17.6. The van der Waals surface area contributed by atoms with Gasteiger partial charge in [0.05, 0.1) is 21.3 Å². The maximum Gasteiger partial charge on any atom is 0.224 e. The van der Waals surface area contributed by atoms with Crippen LogP contribution in [0.2, 0.25) is 0 Å². The molecular weight excluding hydrogens is 372 g/mol. The van der Waals surface area contributed by atoms with Gasteiger partial charge in [0.1, 0.15) is 0 Å². The molecule has 0 atom stereocenters. The Morgan fingerprint density at radius 3 is 2.24 bits per heavy atom. The molecule has 0 bridgehead atoms. The molecule has 2 amide bonds. The maximum atomic E-state index is 12.5. The Balaban J connectivity index is 2.09. The predicted octanol–water partition coefficient (Wildman–Crippen LogP) is 3.26. The van der Waals surface area contributed by atoms with E-state index in [0.717, 1.165) is 11.1 Å². The number of hydrogen-bond acceptors (Lipinski definition) is 5. The lowest BCUT2D eigenvalue weighted by Gasteiger charge is -2.18. The van der Waals surface area contributed by atoms with Crippen molar-refractivity contribution in [3.8, 4) is 17.2 Å². The molecule has 0 aliphatic carbocycles. The van der Waals surface area contributed by atoms with Crippen molar-refractivity contribution < 1.29 is 23.8 Å². The van der Waals surface area contributed by atoms with Crippen LogP contribution in [0.1, 0.15) is 24.5 Å². The predicted molar refractivity (Wildman–Crippen MR) is 112 cm³/mol. The summed E-state index contributed by atoms with van der Waals surface area (Å²) in [5.74, 6) is 1.47. The van der Waals surface area contributed by atoms with Crippen molar-refractivity contribution in [2.24, 2.45) is 0 Å². The average molecular weight is 400 g/mol. The summed E-state index contributed by atoms with van der Waals surface area (Å²) in [4.78, 5) is 25.7. The van der Waals surface area contributed by atoms with Crippen molar-refractivity contribution in [1.82, 2.24) is 4.90 Å². The molecule has 156 valence electrons.